The van der Waals surface area contributed by atoms with Crippen molar-refractivity contribution in [2.45, 2.75) is 302 Å². The van der Waals surface area contributed by atoms with E-state index in [4.69, 9.17) is 0 Å². The average Bonchev–Trinajstić information content (AvgIpc) is 3.16. The van der Waals surface area contributed by atoms with Crippen molar-refractivity contribution in [2.24, 2.45) is 0 Å². The van der Waals surface area contributed by atoms with E-state index in [1.807, 2.05) is 0 Å². The van der Waals surface area contributed by atoms with Crippen molar-refractivity contribution >= 4 is 5.91 Å². The Balaban J connectivity index is 3.44. The SMILES string of the molecule is CCCCCCCCCCCCCCCCCCCCCCCC(O)C(CO)NC(=O)CCCCCCCCCCCCCCCCCCCCCC. The predicted molar refractivity (Wildman–Crippen MR) is 235 cm³/mol. The first-order chi connectivity index (χ1) is 26.2. The Bertz CT molecular complexity index is 685. The number of amides is 1. The zero-order valence-electron chi connectivity index (χ0n) is 36.6. The summed E-state index contributed by atoms with van der Waals surface area (Å²) in [6.45, 7) is 4.40. The Morgan fingerprint density at radius 3 is 0.849 bits per heavy atom. The van der Waals surface area contributed by atoms with Gasteiger partial charge in [-0.3, -0.25) is 4.79 Å². The van der Waals surface area contributed by atoms with E-state index in [9.17, 15) is 15.0 Å². The van der Waals surface area contributed by atoms with Crippen LogP contribution in [0.5, 0.6) is 0 Å². The van der Waals surface area contributed by atoms with Crippen LogP contribution in [0.4, 0.5) is 0 Å². The molecule has 0 aliphatic heterocycles. The van der Waals surface area contributed by atoms with Crippen LogP contribution in [0.3, 0.4) is 0 Å². The highest BCUT2D eigenvalue weighted by molar-refractivity contribution is 5.76. The highest BCUT2D eigenvalue weighted by Gasteiger charge is 2.20. The normalized spacial score (nSPS) is 12.8. The first-order valence-electron chi connectivity index (χ1n) is 24.7. The maximum atomic E-state index is 12.4. The van der Waals surface area contributed by atoms with Gasteiger partial charge in [0.15, 0.2) is 0 Å². The van der Waals surface area contributed by atoms with Gasteiger partial charge < -0.3 is 15.5 Å². The first-order valence-corrected chi connectivity index (χ1v) is 24.7. The molecule has 0 saturated carbocycles. The average molecular weight is 750 g/mol. The number of carbonyl (C=O) groups is 1. The molecule has 2 unspecified atom stereocenters. The third kappa shape index (κ3) is 42.4. The maximum Gasteiger partial charge on any atom is 0.220 e. The van der Waals surface area contributed by atoms with Crippen molar-refractivity contribution < 1.29 is 15.0 Å². The Hall–Kier alpha value is -0.610. The third-order valence-corrected chi connectivity index (χ3v) is 11.9. The van der Waals surface area contributed by atoms with Crippen molar-refractivity contribution in [3.63, 3.8) is 0 Å². The zero-order valence-corrected chi connectivity index (χ0v) is 36.6. The Morgan fingerprint density at radius 1 is 0.377 bits per heavy atom. The van der Waals surface area contributed by atoms with E-state index < -0.39 is 12.1 Å². The summed E-state index contributed by atoms with van der Waals surface area (Å²) in [7, 11) is 0. The van der Waals surface area contributed by atoms with Crippen molar-refractivity contribution in [2.75, 3.05) is 6.61 Å². The van der Waals surface area contributed by atoms with E-state index in [-0.39, 0.29) is 12.5 Å². The van der Waals surface area contributed by atoms with Gasteiger partial charge in [-0.2, -0.15) is 0 Å². The number of nitrogens with one attached hydrogen (secondary N) is 1. The summed E-state index contributed by atoms with van der Waals surface area (Å²) < 4.78 is 0. The molecule has 0 fully saturated rings. The quantitative estimate of drug-likeness (QED) is 0.0543. The molecule has 318 valence electrons. The predicted octanol–water partition coefficient (Wildman–Crippen LogP) is 15.6. The molecule has 0 aromatic carbocycles. The smallest absolute Gasteiger partial charge is 0.220 e. The maximum absolute atomic E-state index is 12.4. The standard InChI is InChI=1S/C49H99NO3/c1-3-5-7-9-11-13-15-17-19-21-23-25-26-28-30-32-34-36-38-40-42-44-48(52)47(46-51)50-49(53)45-43-41-39-37-35-33-31-29-27-24-22-20-18-16-14-12-10-8-6-4-2/h47-48,51-52H,3-46H2,1-2H3,(H,50,53). The second kappa shape index (κ2) is 45.8. The summed E-state index contributed by atoms with van der Waals surface area (Å²) in [5.74, 6) is -0.0238. The van der Waals surface area contributed by atoms with Gasteiger partial charge in [-0.05, 0) is 12.8 Å². The fourth-order valence-corrected chi connectivity index (χ4v) is 8.07. The van der Waals surface area contributed by atoms with Crippen LogP contribution >= 0.6 is 0 Å². The number of hydrogen-bond acceptors (Lipinski definition) is 3. The summed E-state index contributed by atoms with van der Waals surface area (Å²) in [5, 5.41) is 23.3. The van der Waals surface area contributed by atoms with Crippen LogP contribution in [0.15, 0.2) is 0 Å². The Morgan fingerprint density at radius 2 is 0.604 bits per heavy atom. The van der Waals surface area contributed by atoms with Crippen LogP contribution in [0.25, 0.3) is 0 Å². The molecule has 0 aromatic rings. The molecule has 0 heterocycles. The minimum absolute atomic E-state index is 0.0238. The van der Waals surface area contributed by atoms with E-state index >= 15 is 0 Å². The topological polar surface area (TPSA) is 69.6 Å². The molecule has 0 saturated heterocycles. The van der Waals surface area contributed by atoms with E-state index in [0.717, 1.165) is 25.7 Å². The van der Waals surface area contributed by atoms with Crippen molar-refractivity contribution in [3.8, 4) is 0 Å². The lowest BCUT2D eigenvalue weighted by molar-refractivity contribution is -0.123. The lowest BCUT2D eigenvalue weighted by atomic mass is 10.0. The molecule has 4 nitrogen and oxygen atoms in total. The second-order valence-electron chi connectivity index (χ2n) is 17.3. The van der Waals surface area contributed by atoms with Crippen molar-refractivity contribution in [1.29, 1.82) is 0 Å². The fourth-order valence-electron chi connectivity index (χ4n) is 8.07. The van der Waals surface area contributed by atoms with E-state index in [0.29, 0.717) is 12.8 Å². The number of carbonyl (C=O) groups excluding carboxylic acids is 1. The van der Waals surface area contributed by atoms with E-state index in [2.05, 4.69) is 19.2 Å². The van der Waals surface area contributed by atoms with Gasteiger partial charge in [-0.25, -0.2) is 0 Å². The van der Waals surface area contributed by atoms with Gasteiger partial charge in [0.2, 0.25) is 5.91 Å². The van der Waals surface area contributed by atoms with Gasteiger partial charge in [0.05, 0.1) is 18.8 Å². The molecule has 0 rings (SSSR count). The summed E-state index contributed by atoms with van der Waals surface area (Å²) in [6, 6.07) is -0.530. The first kappa shape index (κ1) is 52.4. The molecule has 3 N–H and O–H groups in total. The number of aliphatic hydroxyl groups is 2. The molecule has 0 bridgehead atoms. The number of hydrogen-bond donors (Lipinski definition) is 3. The van der Waals surface area contributed by atoms with Crippen LogP contribution in [-0.4, -0.2) is 34.9 Å². The van der Waals surface area contributed by atoms with Gasteiger partial charge in [-0.15, -0.1) is 0 Å². The van der Waals surface area contributed by atoms with Crippen molar-refractivity contribution in [1.82, 2.24) is 5.32 Å². The van der Waals surface area contributed by atoms with Crippen LogP contribution < -0.4 is 5.32 Å². The Labute approximate surface area is 334 Å². The molecule has 4 heteroatoms. The molecular formula is C49H99NO3. The largest absolute Gasteiger partial charge is 0.394 e. The van der Waals surface area contributed by atoms with Crippen LogP contribution in [-0.2, 0) is 4.79 Å². The minimum Gasteiger partial charge on any atom is -0.394 e. The van der Waals surface area contributed by atoms with Crippen LogP contribution in [0.1, 0.15) is 290 Å². The Kier molecular flexibility index (Phi) is 45.3. The molecule has 0 aliphatic carbocycles. The zero-order chi connectivity index (χ0) is 38.6. The molecule has 2 atom stereocenters. The van der Waals surface area contributed by atoms with Gasteiger partial charge in [-0.1, -0.05) is 271 Å². The van der Waals surface area contributed by atoms with E-state index in [1.54, 1.807) is 0 Å². The fraction of sp³-hybridized carbons (Fsp3) is 0.980. The van der Waals surface area contributed by atoms with Gasteiger partial charge in [0.1, 0.15) is 0 Å². The summed E-state index contributed by atoms with van der Waals surface area (Å²) >= 11 is 0. The summed E-state index contributed by atoms with van der Waals surface area (Å²) in [6.07, 6.45) is 56.3. The van der Waals surface area contributed by atoms with Gasteiger partial charge in [0, 0.05) is 6.42 Å². The molecule has 53 heavy (non-hydrogen) atoms. The van der Waals surface area contributed by atoms with Crippen molar-refractivity contribution in [3.05, 3.63) is 0 Å². The highest BCUT2D eigenvalue weighted by atomic mass is 16.3. The molecular weight excluding hydrogens is 651 g/mol. The molecule has 0 aromatic heterocycles. The summed E-state index contributed by atoms with van der Waals surface area (Å²) in [4.78, 5) is 12.4. The number of unbranched alkanes of at least 4 members (excludes halogenated alkanes) is 39. The molecule has 0 spiro atoms. The van der Waals surface area contributed by atoms with Crippen LogP contribution in [0.2, 0.25) is 0 Å². The molecule has 0 radical (unpaired) electrons. The monoisotopic (exact) mass is 750 g/mol. The number of aliphatic hydroxyl groups excluding tert-OH is 2. The van der Waals surface area contributed by atoms with Gasteiger partial charge in [0.25, 0.3) is 0 Å². The minimum atomic E-state index is -0.654. The molecule has 0 aliphatic rings. The second-order valence-corrected chi connectivity index (χ2v) is 17.3. The summed E-state index contributed by atoms with van der Waals surface area (Å²) in [5.41, 5.74) is 0. The van der Waals surface area contributed by atoms with Crippen LogP contribution in [0, 0.1) is 0 Å². The van der Waals surface area contributed by atoms with Gasteiger partial charge >= 0.3 is 0 Å². The number of rotatable bonds is 46. The third-order valence-electron chi connectivity index (χ3n) is 11.9. The lowest BCUT2D eigenvalue weighted by Crippen LogP contribution is -2.45. The van der Waals surface area contributed by atoms with E-state index in [1.165, 1.54) is 238 Å². The lowest BCUT2D eigenvalue weighted by Gasteiger charge is -2.22. The molecule has 1 amide bonds. The highest BCUT2D eigenvalue weighted by Crippen LogP contribution is 2.18.